The van der Waals surface area contributed by atoms with Gasteiger partial charge in [-0.2, -0.15) is 0 Å². The lowest BCUT2D eigenvalue weighted by Gasteiger charge is -2.29. The maximum Gasteiger partial charge on any atom is 0.303 e. The minimum Gasteiger partial charge on any atom is -0.481 e. The van der Waals surface area contributed by atoms with Crippen LogP contribution in [0.4, 0.5) is 0 Å². The Balaban J connectivity index is 6.24. The molecule has 21 nitrogen and oxygen atoms in total. The quantitative estimate of drug-likeness (QED) is 0.0176. The van der Waals surface area contributed by atoms with Crippen LogP contribution in [0.2, 0.25) is 0 Å². The predicted molar refractivity (Wildman–Crippen MR) is 215 cm³/mol. The summed E-state index contributed by atoms with van der Waals surface area (Å²) in [4.78, 5) is 103. The number of amides is 7. The van der Waals surface area contributed by atoms with Gasteiger partial charge >= 0.3 is 5.97 Å². The molecule has 0 aliphatic heterocycles. The van der Waals surface area contributed by atoms with Gasteiger partial charge in [-0.1, -0.05) is 52.0 Å². The SMILES string of the molecule is C=C(/C=C\C)CC(NC(=O)[C@H](N)CCCNC(=N)N)C(=O)NC(C(=O)NC(C(=O)N[C@H](CCC(=O)O)C(=O)NC(CC(C)C)C(=O)N[C@H](C)C(N)=O)C(C)C)[C@@H](C)O. The van der Waals surface area contributed by atoms with Crippen molar-refractivity contribution in [1.29, 1.82) is 5.41 Å². The second-order valence-corrected chi connectivity index (χ2v) is 14.8. The summed E-state index contributed by atoms with van der Waals surface area (Å²) in [5.74, 6) is -8.27. The number of aliphatic hydroxyl groups is 1. The summed E-state index contributed by atoms with van der Waals surface area (Å²) in [6.45, 7) is 15.1. The molecule has 7 amide bonds. The molecule has 0 heterocycles. The van der Waals surface area contributed by atoms with E-state index in [1.165, 1.54) is 13.8 Å². The summed E-state index contributed by atoms with van der Waals surface area (Å²) in [6.07, 6.45) is 1.35. The van der Waals surface area contributed by atoms with Gasteiger partial charge in [-0.15, -0.1) is 0 Å². The van der Waals surface area contributed by atoms with E-state index in [4.69, 9.17) is 22.6 Å². The van der Waals surface area contributed by atoms with Crippen molar-refractivity contribution in [2.45, 2.75) is 135 Å². The summed E-state index contributed by atoms with van der Waals surface area (Å²) >= 11 is 0. The van der Waals surface area contributed by atoms with Crippen LogP contribution in [0.25, 0.3) is 0 Å². The van der Waals surface area contributed by atoms with Crippen LogP contribution >= 0.6 is 0 Å². The van der Waals surface area contributed by atoms with Gasteiger partial charge in [0.05, 0.1) is 12.1 Å². The number of guanidine groups is 1. The van der Waals surface area contributed by atoms with Gasteiger partial charge in [-0.3, -0.25) is 43.8 Å². The molecule has 0 aliphatic carbocycles. The van der Waals surface area contributed by atoms with Gasteiger partial charge in [-0.25, -0.2) is 0 Å². The first-order valence-corrected chi connectivity index (χ1v) is 19.1. The maximum atomic E-state index is 13.7. The molecule has 4 unspecified atom stereocenters. The molecule has 0 saturated heterocycles. The number of aliphatic hydroxyl groups excluding tert-OH is 1. The number of carbonyl (C=O) groups excluding carboxylic acids is 7. The van der Waals surface area contributed by atoms with Crippen LogP contribution in [-0.4, -0.2) is 118 Å². The average molecular weight is 824 g/mol. The maximum absolute atomic E-state index is 13.7. The van der Waals surface area contributed by atoms with E-state index in [2.05, 4.69) is 43.8 Å². The van der Waals surface area contributed by atoms with Crippen LogP contribution in [0.5, 0.6) is 0 Å². The summed E-state index contributed by atoms with van der Waals surface area (Å²) < 4.78 is 0. The van der Waals surface area contributed by atoms with Crippen molar-refractivity contribution in [3.8, 4) is 0 Å². The molecule has 0 aromatic carbocycles. The van der Waals surface area contributed by atoms with Crippen molar-refractivity contribution >= 4 is 53.3 Å². The molecule has 0 aliphatic rings. The van der Waals surface area contributed by atoms with Crippen molar-refractivity contribution in [3.05, 3.63) is 24.3 Å². The fraction of sp³-hybridized carbons (Fsp3) is 0.649. The highest BCUT2D eigenvalue weighted by Gasteiger charge is 2.36. The second kappa shape index (κ2) is 26.4. The highest BCUT2D eigenvalue weighted by atomic mass is 16.4. The molecule has 58 heavy (non-hydrogen) atoms. The van der Waals surface area contributed by atoms with E-state index in [-0.39, 0.29) is 37.7 Å². The molecule has 0 aromatic rings. The number of rotatable bonds is 27. The smallest absolute Gasteiger partial charge is 0.303 e. The second-order valence-electron chi connectivity index (χ2n) is 14.8. The van der Waals surface area contributed by atoms with Crippen molar-refractivity contribution in [1.82, 2.24) is 37.2 Å². The van der Waals surface area contributed by atoms with Gasteiger partial charge in [0.15, 0.2) is 5.96 Å². The topological polar surface area (TPSA) is 363 Å². The predicted octanol–water partition coefficient (Wildman–Crippen LogP) is -2.54. The van der Waals surface area contributed by atoms with Gasteiger partial charge in [0, 0.05) is 19.4 Å². The minimum absolute atomic E-state index is 0.102. The van der Waals surface area contributed by atoms with Gasteiger partial charge < -0.3 is 64.6 Å². The largest absolute Gasteiger partial charge is 0.481 e. The van der Waals surface area contributed by atoms with Gasteiger partial charge in [0.25, 0.3) is 0 Å². The van der Waals surface area contributed by atoms with Crippen molar-refractivity contribution in [2.75, 3.05) is 6.54 Å². The van der Waals surface area contributed by atoms with E-state index in [0.717, 1.165) is 0 Å². The highest BCUT2D eigenvalue weighted by Crippen LogP contribution is 2.11. The fourth-order valence-corrected chi connectivity index (χ4v) is 5.33. The van der Waals surface area contributed by atoms with Crippen LogP contribution in [0, 0.1) is 17.2 Å². The molecule has 0 rings (SSSR count). The fourth-order valence-electron chi connectivity index (χ4n) is 5.33. The Labute approximate surface area is 339 Å². The zero-order valence-electron chi connectivity index (χ0n) is 34.5. The Bertz CT molecular complexity index is 1500. The molecule has 16 N–H and O–H groups in total. The lowest BCUT2D eigenvalue weighted by Crippen LogP contribution is -2.62. The first-order chi connectivity index (χ1) is 26.9. The molecule has 328 valence electrons. The Morgan fingerprint density at radius 2 is 1.24 bits per heavy atom. The van der Waals surface area contributed by atoms with Crippen LogP contribution < -0.4 is 54.4 Å². The molecule has 0 bridgehead atoms. The standard InChI is InChI=1S/C37H65N11O10/c1-9-11-20(6)17-26(45-31(53)23(38)12-10-15-42-37(40)41)34(56)48-29(22(8)49)36(58)47-28(19(4)5)35(57)44-24(13-14-27(50)51)32(54)46-25(16-18(2)3)33(55)43-21(7)30(39)52/h9,11,18-19,21-26,28-29,49H,6,10,12-17,38H2,1-5,7-8H3,(H2,39,52)(H,43,55)(H,44,57)(H,45,53)(H,46,54)(H,47,58)(H,48,56)(H,50,51)(H4,40,41,42)/b11-9-/t21-,22-,23-,24-,25?,26?,28?,29?/m1/s1. The van der Waals surface area contributed by atoms with Gasteiger partial charge in [0.2, 0.25) is 41.4 Å². The van der Waals surface area contributed by atoms with Gasteiger partial charge in [0.1, 0.15) is 36.3 Å². The summed E-state index contributed by atoms with van der Waals surface area (Å²) in [6, 6.07) is -9.16. The molecule has 0 spiro atoms. The third kappa shape index (κ3) is 20.6. The lowest BCUT2D eigenvalue weighted by molar-refractivity contribution is -0.139. The molecule has 8 atom stereocenters. The molecule has 0 aromatic heterocycles. The number of hydrogen-bond donors (Lipinski definition) is 13. The molecular weight excluding hydrogens is 758 g/mol. The first-order valence-electron chi connectivity index (χ1n) is 19.1. The normalized spacial score (nSPS) is 15.4. The molecule has 0 fully saturated rings. The van der Waals surface area contributed by atoms with Crippen molar-refractivity contribution in [2.24, 2.45) is 29.0 Å². The third-order valence-corrected chi connectivity index (χ3v) is 8.56. The zero-order valence-corrected chi connectivity index (χ0v) is 34.5. The summed E-state index contributed by atoms with van der Waals surface area (Å²) in [7, 11) is 0. The number of carboxylic acids is 1. The number of allylic oxidation sites excluding steroid dienone is 2. The Kier molecular flexibility index (Phi) is 23.8. The van der Waals surface area contributed by atoms with Crippen molar-refractivity contribution in [3.63, 3.8) is 0 Å². The van der Waals surface area contributed by atoms with Crippen LogP contribution in [0.3, 0.4) is 0 Å². The number of aliphatic carboxylic acids is 1. The van der Waals surface area contributed by atoms with E-state index in [0.29, 0.717) is 12.0 Å². The third-order valence-electron chi connectivity index (χ3n) is 8.56. The average Bonchev–Trinajstić information content (AvgIpc) is 3.11. The number of hydrogen-bond acceptors (Lipinski definition) is 11. The monoisotopic (exact) mass is 823 g/mol. The van der Waals surface area contributed by atoms with E-state index in [9.17, 15) is 48.6 Å². The molecule has 0 radical (unpaired) electrons. The highest BCUT2D eigenvalue weighted by molar-refractivity contribution is 5.97. The van der Waals surface area contributed by atoms with E-state index < -0.39 is 114 Å². The van der Waals surface area contributed by atoms with E-state index in [1.807, 2.05) is 0 Å². The Morgan fingerprint density at radius 1 is 0.724 bits per heavy atom. The summed E-state index contributed by atoms with van der Waals surface area (Å²) in [5.41, 5.74) is 17.0. The van der Waals surface area contributed by atoms with Gasteiger partial charge in [-0.05, 0) is 58.3 Å². The Morgan fingerprint density at radius 3 is 1.74 bits per heavy atom. The number of nitrogens with two attached hydrogens (primary N) is 3. The molecular formula is C37H65N11O10. The lowest BCUT2D eigenvalue weighted by atomic mass is 9.99. The van der Waals surface area contributed by atoms with E-state index >= 15 is 0 Å². The zero-order chi connectivity index (χ0) is 44.9. The first kappa shape index (κ1) is 52.4. The number of nitrogens with one attached hydrogen (secondary N) is 8. The number of primary amides is 1. The molecule has 0 saturated carbocycles. The number of carboxylic acid groups (broad SMARTS) is 1. The van der Waals surface area contributed by atoms with Crippen LogP contribution in [-0.2, 0) is 38.4 Å². The van der Waals surface area contributed by atoms with Crippen molar-refractivity contribution < 1.29 is 48.6 Å². The van der Waals surface area contributed by atoms with Crippen LogP contribution in [0.1, 0.15) is 87.0 Å². The van der Waals surface area contributed by atoms with E-state index in [1.54, 1.807) is 46.8 Å². The number of carbonyl (C=O) groups is 8. The Hall–Kier alpha value is -5.57. The molecule has 21 heteroatoms. The summed E-state index contributed by atoms with van der Waals surface area (Å²) in [5, 5.41) is 44.6. The minimum atomic E-state index is -1.66. The van der Waals surface area contributed by atoms with Crippen LogP contribution in [0.15, 0.2) is 24.3 Å².